The van der Waals surface area contributed by atoms with Crippen LogP contribution in [0.2, 0.25) is 10.0 Å². The molecule has 1 atom stereocenters. The van der Waals surface area contributed by atoms with Gasteiger partial charge in [-0.1, -0.05) is 45.2 Å². The molecule has 0 fully saturated rings. The molecular formula is C15H15BrCl2N2O. The summed E-state index contributed by atoms with van der Waals surface area (Å²) in [6.45, 7) is 2.00. The predicted octanol–water partition coefficient (Wildman–Crippen LogP) is 5.52. The van der Waals surface area contributed by atoms with Gasteiger partial charge in [0, 0.05) is 14.5 Å². The van der Waals surface area contributed by atoms with E-state index in [1.54, 1.807) is 13.2 Å². The van der Waals surface area contributed by atoms with E-state index in [-0.39, 0.29) is 6.04 Å². The van der Waals surface area contributed by atoms with E-state index in [2.05, 4.69) is 21.2 Å². The molecular weight excluding hydrogens is 375 g/mol. The smallest absolute Gasteiger partial charge is 0.145 e. The molecule has 3 nitrogen and oxygen atoms in total. The number of benzene rings is 2. The van der Waals surface area contributed by atoms with Gasteiger partial charge in [-0.3, -0.25) is 0 Å². The minimum atomic E-state index is -0.0314. The zero-order valence-electron chi connectivity index (χ0n) is 11.6. The van der Waals surface area contributed by atoms with Gasteiger partial charge in [0.05, 0.1) is 24.5 Å². The van der Waals surface area contributed by atoms with Crippen LogP contribution in [0.25, 0.3) is 0 Å². The van der Waals surface area contributed by atoms with Crippen LogP contribution in [0.15, 0.2) is 34.8 Å². The minimum Gasteiger partial charge on any atom is -0.494 e. The molecule has 0 saturated heterocycles. The summed E-state index contributed by atoms with van der Waals surface area (Å²) in [6, 6.07) is 9.12. The van der Waals surface area contributed by atoms with Crippen LogP contribution in [0, 0.1) is 0 Å². The fourth-order valence-electron chi connectivity index (χ4n) is 2.05. The van der Waals surface area contributed by atoms with Gasteiger partial charge in [0.1, 0.15) is 5.75 Å². The van der Waals surface area contributed by atoms with Gasteiger partial charge in [0.15, 0.2) is 0 Å². The highest BCUT2D eigenvalue weighted by molar-refractivity contribution is 9.10. The fourth-order valence-corrected chi connectivity index (χ4v) is 3.05. The van der Waals surface area contributed by atoms with Crippen LogP contribution in [0.1, 0.15) is 18.5 Å². The van der Waals surface area contributed by atoms with Gasteiger partial charge in [-0.15, -0.1) is 0 Å². The number of nitrogens with one attached hydrogen (secondary N) is 1. The predicted molar refractivity (Wildman–Crippen MR) is 93.6 cm³/mol. The van der Waals surface area contributed by atoms with Crippen molar-refractivity contribution in [1.29, 1.82) is 0 Å². The molecule has 0 amide bonds. The zero-order valence-corrected chi connectivity index (χ0v) is 14.7. The van der Waals surface area contributed by atoms with Crippen LogP contribution in [-0.4, -0.2) is 7.11 Å². The third kappa shape index (κ3) is 3.76. The van der Waals surface area contributed by atoms with E-state index in [4.69, 9.17) is 33.7 Å². The Hall–Kier alpha value is -1.10. The molecule has 2 rings (SSSR count). The molecule has 0 radical (unpaired) electrons. The Balaban J connectivity index is 2.31. The molecule has 6 heteroatoms. The van der Waals surface area contributed by atoms with Crippen LogP contribution >= 0.6 is 39.1 Å². The lowest BCUT2D eigenvalue weighted by molar-refractivity contribution is 0.417. The van der Waals surface area contributed by atoms with Crippen molar-refractivity contribution in [3.8, 4) is 5.75 Å². The van der Waals surface area contributed by atoms with E-state index in [0.29, 0.717) is 21.5 Å². The van der Waals surface area contributed by atoms with Gasteiger partial charge in [-0.25, -0.2) is 0 Å². The number of rotatable bonds is 4. The fraction of sp³-hybridized carbons (Fsp3) is 0.200. The second kappa shape index (κ2) is 6.77. The molecule has 2 aromatic carbocycles. The Morgan fingerprint density at radius 1 is 1.24 bits per heavy atom. The molecule has 0 spiro atoms. The summed E-state index contributed by atoms with van der Waals surface area (Å²) in [6.07, 6.45) is 0. The molecule has 0 unspecified atom stereocenters. The molecule has 0 bridgehead atoms. The standard InChI is InChI=1S/C15H15BrCl2N2O/c1-8(11-4-3-10(17)7-12(11)18)20-13-5-9(16)6-14(21-2)15(13)19/h3-8,20H,19H2,1-2H3/t8-/m1/s1. The highest BCUT2D eigenvalue weighted by Gasteiger charge is 2.14. The van der Waals surface area contributed by atoms with E-state index >= 15 is 0 Å². The number of hydrogen-bond donors (Lipinski definition) is 2. The van der Waals surface area contributed by atoms with Crippen molar-refractivity contribution in [2.75, 3.05) is 18.2 Å². The number of nitrogens with two attached hydrogens (primary N) is 1. The van der Waals surface area contributed by atoms with E-state index in [1.165, 1.54) is 0 Å². The van der Waals surface area contributed by atoms with E-state index < -0.39 is 0 Å². The third-order valence-electron chi connectivity index (χ3n) is 3.13. The summed E-state index contributed by atoms with van der Waals surface area (Å²) in [5, 5.41) is 4.56. The van der Waals surface area contributed by atoms with Crippen LogP contribution in [0.4, 0.5) is 11.4 Å². The summed E-state index contributed by atoms with van der Waals surface area (Å²) in [4.78, 5) is 0. The van der Waals surface area contributed by atoms with Crippen molar-refractivity contribution in [2.45, 2.75) is 13.0 Å². The highest BCUT2D eigenvalue weighted by Crippen LogP contribution is 2.36. The molecule has 0 aliphatic heterocycles. The monoisotopic (exact) mass is 388 g/mol. The number of hydrogen-bond acceptors (Lipinski definition) is 3. The molecule has 0 saturated carbocycles. The first kappa shape index (κ1) is 16.3. The molecule has 0 aliphatic rings. The van der Waals surface area contributed by atoms with Crippen molar-refractivity contribution in [3.05, 3.63) is 50.4 Å². The first-order chi connectivity index (χ1) is 9.92. The molecule has 112 valence electrons. The Kier molecular flexibility index (Phi) is 5.25. The maximum atomic E-state index is 6.23. The van der Waals surface area contributed by atoms with Gasteiger partial charge >= 0.3 is 0 Å². The molecule has 0 aliphatic carbocycles. The summed E-state index contributed by atoms with van der Waals surface area (Å²) in [7, 11) is 1.58. The highest BCUT2D eigenvalue weighted by atomic mass is 79.9. The lowest BCUT2D eigenvalue weighted by Crippen LogP contribution is -2.09. The normalized spacial score (nSPS) is 12.0. The molecule has 3 N–H and O–H groups in total. The van der Waals surface area contributed by atoms with Crippen LogP contribution in [0.3, 0.4) is 0 Å². The van der Waals surface area contributed by atoms with Crippen molar-refractivity contribution in [2.24, 2.45) is 0 Å². The molecule has 21 heavy (non-hydrogen) atoms. The Labute approximate surface area is 142 Å². The topological polar surface area (TPSA) is 47.3 Å². The molecule has 0 heterocycles. The van der Waals surface area contributed by atoms with Crippen molar-refractivity contribution < 1.29 is 4.74 Å². The summed E-state index contributed by atoms with van der Waals surface area (Å²) < 4.78 is 6.13. The Morgan fingerprint density at radius 3 is 2.57 bits per heavy atom. The second-order valence-corrected chi connectivity index (χ2v) is 6.36. The van der Waals surface area contributed by atoms with E-state index in [0.717, 1.165) is 15.7 Å². The third-order valence-corrected chi connectivity index (χ3v) is 4.15. The van der Waals surface area contributed by atoms with Crippen molar-refractivity contribution in [3.63, 3.8) is 0 Å². The van der Waals surface area contributed by atoms with Gasteiger partial charge in [0.2, 0.25) is 0 Å². The van der Waals surface area contributed by atoms with Gasteiger partial charge in [-0.05, 0) is 36.8 Å². The molecule has 2 aromatic rings. The van der Waals surface area contributed by atoms with Crippen LogP contribution in [0.5, 0.6) is 5.75 Å². The maximum absolute atomic E-state index is 6.23. The maximum Gasteiger partial charge on any atom is 0.145 e. The van der Waals surface area contributed by atoms with E-state index in [9.17, 15) is 0 Å². The molecule has 0 aromatic heterocycles. The number of anilines is 2. The van der Waals surface area contributed by atoms with Crippen molar-refractivity contribution >= 4 is 50.5 Å². The minimum absolute atomic E-state index is 0.0314. The average molecular weight is 390 g/mol. The number of ether oxygens (including phenoxy) is 1. The Morgan fingerprint density at radius 2 is 1.95 bits per heavy atom. The lowest BCUT2D eigenvalue weighted by Gasteiger charge is -2.20. The Bertz CT molecular complexity index is 664. The van der Waals surface area contributed by atoms with Crippen molar-refractivity contribution in [1.82, 2.24) is 0 Å². The average Bonchev–Trinajstić information content (AvgIpc) is 2.42. The number of methoxy groups -OCH3 is 1. The summed E-state index contributed by atoms with van der Waals surface area (Å²) in [5.74, 6) is 0.612. The summed E-state index contributed by atoms with van der Waals surface area (Å²) >= 11 is 15.6. The first-order valence-electron chi connectivity index (χ1n) is 6.27. The van der Waals surface area contributed by atoms with Crippen LogP contribution < -0.4 is 15.8 Å². The second-order valence-electron chi connectivity index (χ2n) is 4.60. The van der Waals surface area contributed by atoms with E-state index in [1.807, 2.05) is 31.2 Å². The number of halogens is 3. The first-order valence-corrected chi connectivity index (χ1v) is 7.81. The van der Waals surface area contributed by atoms with Gasteiger partial charge < -0.3 is 15.8 Å². The van der Waals surface area contributed by atoms with Crippen LogP contribution in [-0.2, 0) is 0 Å². The van der Waals surface area contributed by atoms with Gasteiger partial charge in [-0.2, -0.15) is 0 Å². The summed E-state index contributed by atoms with van der Waals surface area (Å²) in [5.41, 5.74) is 8.36. The zero-order chi connectivity index (χ0) is 15.6. The number of nitrogen functional groups attached to an aromatic ring is 1. The SMILES string of the molecule is COc1cc(Br)cc(N[C@H](C)c2ccc(Cl)cc2Cl)c1N. The van der Waals surface area contributed by atoms with Gasteiger partial charge in [0.25, 0.3) is 0 Å². The lowest BCUT2D eigenvalue weighted by atomic mass is 10.1. The largest absolute Gasteiger partial charge is 0.494 e. The quantitative estimate of drug-likeness (QED) is 0.676.